The van der Waals surface area contributed by atoms with Gasteiger partial charge >= 0.3 is 5.97 Å². The standard InChI is InChI=1S/C20H20N2O4S/c23-17(15-7-2-1-3-8-15)13-26-20(25)16-9-6-10-21-19(16)27-14-18(24)22-11-4-5-12-22/h1-3,6-10H,4-5,11-14H2. The molecule has 0 unspecified atom stereocenters. The molecule has 2 heterocycles. The molecule has 1 aromatic heterocycles. The second kappa shape index (κ2) is 9.32. The minimum absolute atomic E-state index is 0.0433. The fourth-order valence-corrected chi connectivity index (χ4v) is 3.65. The summed E-state index contributed by atoms with van der Waals surface area (Å²) >= 11 is 1.21. The van der Waals surface area contributed by atoms with Crippen LogP contribution in [0.3, 0.4) is 0 Å². The lowest BCUT2D eigenvalue weighted by Gasteiger charge is -2.15. The van der Waals surface area contributed by atoms with E-state index in [4.69, 9.17) is 4.74 Å². The number of esters is 1. The quantitative estimate of drug-likeness (QED) is 0.415. The second-order valence-electron chi connectivity index (χ2n) is 6.10. The molecule has 1 aliphatic rings. The fraction of sp³-hybridized carbons (Fsp3) is 0.300. The van der Waals surface area contributed by atoms with Gasteiger partial charge < -0.3 is 9.64 Å². The van der Waals surface area contributed by atoms with Gasteiger partial charge in [0, 0.05) is 24.8 Å². The highest BCUT2D eigenvalue weighted by molar-refractivity contribution is 8.00. The van der Waals surface area contributed by atoms with E-state index in [1.807, 2.05) is 11.0 Å². The number of pyridine rings is 1. The summed E-state index contributed by atoms with van der Waals surface area (Å²) in [5.41, 5.74) is 0.750. The summed E-state index contributed by atoms with van der Waals surface area (Å²) in [5, 5.41) is 0.433. The third kappa shape index (κ3) is 5.17. The topological polar surface area (TPSA) is 76.6 Å². The predicted molar refractivity (Wildman–Crippen MR) is 102 cm³/mol. The van der Waals surface area contributed by atoms with Gasteiger partial charge in [-0.25, -0.2) is 9.78 Å². The average Bonchev–Trinajstić information content (AvgIpc) is 3.26. The van der Waals surface area contributed by atoms with Gasteiger partial charge in [0.05, 0.1) is 11.3 Å². The van der Waals surface area contributed by atoms with Crippen LogP contribution in [-0.2, 0) is 9.53 Å². The Hall–Kier alpha value is -2.67. The first-order valence-electron chi connectivity index (χ1n) is 8.76. The number of benzene rings is 1. The summed E-state index contributed by atoms with van der Waals surface area (Å²) < 4.78 is 5.15. The summed E-state index contributed by atoms with van der Waals surface area (Å²) in [7, 11) is 0. The van der Waals surface area contributed by atoms with Crippen molar-refractivity contribution >= 4 is 29.4 Å². The Kier molecular flexibility index (Phi) is 6.59. The number of rotatable bonds is 7. The SMILES string of the molecule is O=C(COC(=O)c1cccnc1SCC(=O)N1CCCC1)c1ccccc1. The van der Waals surface area contributed by atoms with Crippen molar-refractivity contribution in [2.24, 2.45) is 0 Å². The first kappa shape index (κ1) is 19.1. The van der Waals surface area contributed by atoms with Crippen molar-refractivity contribution in [3.05, 3.63) is 59.8 Å². The number of amides is 1. The Balaban J connectivity index is 1.58. The second-order valence-corrected chi connectivity index (χ2v) is 7.06. The van der Waals surface area contributed by atoms with Crippen LogP contribution in [0.2, 0.25) is 0 Å². The fourth-order valence-electron chi connectivity index (χ4n) is 2.77. The van der Waals surface area contributed by atoms with Crippen LogP contribution in [0.25, 0.3) is 0 Å². The summed E-state index contributed by atoms with van der Waals surface area (Å²) in [5.74, 6) is -0.628. The van der Waals surface area contributed by atoms with Crippen LogP contribution in [0.15, 0.2) is 53.7 Å². The number of hydrogen-bond donors (Lipinski definition) is 0. The van der Waals surface area contributed by atoms with Crippen LogP contribution in [0.1, 0.15) is 33.6 Å². The lowest BCUT2D eigenvalue weighted by Crippen LogP contribution is -2.29. The third-order valence-corrected chi connectivity index (χ3v) is 5.20. The van der Waals surface area contributed by atoms with Crippen molar-refractivity contribution in [3.63, 3.8) is 0 Å². The Morgan fingerprint density at radius 3 is 2.52 bits per heavy atom. The van der Waals surface area contributed by atoms with E-state index < -0.39 is 5.97 Å². The van der Waals surface area contributed by atoms with Gasteiger partial charge in [0.1, 0.15) is 5.03 Å². The minimum atomic E-state index is -0.622. The van der Waals surface area contributed by atoms with Gasteiger partial charge in [0.25, 0.3) is 0 Å². The molecule has 3 rings (SSSR count). The Morgan fingerprint density at radius 1 is 1.04 bits per heavy atom. The van der Waals surface area contributed by atoms with Gasteiger partial charge in [-0.2, -0.15) is 0 Å². The molecular formula is C20H20N2O4S. The average molecular weight is 384 g/mol. The van der Waals surface area contributed by atoms with E-state index in [2.05, 4.69) is 4.98 Å². The van der Waals surface area contributed by atoms with Crippen LogP contribution in [0.5, 0.6) is 0 Å². The Bertz CT molecular complexity index is 820. The lowest BCUT2D eigenvalue weighted by atomic mass is 10.1. The van der Waals surface area contributed by atoms with Crippen molar-refractivity contribution in [1.29, 1.82) is 0 Å². The summed E-state index contributed by atoms with van der Waals surface area (Å²) in [6, 6.07) is 11.9. The van der Waals surface area contributed by atoms with Gasteiger partial charge in [-0.15, -0.1) is 0 Å². The molecule has 6 nitrogen and oxygen atoms in total. The zero-order valence-corrected chi connectivity index (χ0v) is 15.6. The van der Waals surface area contributed by atoms with Crippen molar-refractivity contribution in [1.82, 2.24) is 9.88 Å². The Morgan fingerprint density at radius 2 is 1.78 bits per heavy atom. The zero-order chi connectivity index (χ0) is 19.1. The monoisotopic (exact) mass is 384 g/mol. The molecule has 140 valence electrons. The molecule has 27 heavy (non-hydrogen) atoms. The van der Waals surface area contributed by atoms with Gasteiger partial charge in [0.15, 0.2) is 12.4 Å². The van der Waals surface area contributed by atoms with Gasteiger partial charge in [-0.1, -0.05) is 42.1 Å². The number of thioether (sulfide) groups is 1. The molecule has 0 aliphatic carbocycles. The molecule has 7 heteroatoms. The molecule has 0 bridgehead atoms. The number of ether oxygens (including phenoxy) is 1. The van der Waals surface area contributed by atoms with E-state index in [1.165, 1.54) is 11.8 Å². The Labute approximate surface area is 161 Å². The maximum atomic E-state index is 12.4. The van der Waals surface area contributed by atoms with E-state index in [0.29, 0.717) is 10.6 Å². The highest BCUT2D eigenvalue weighted by atomic mass is 32.2. The summed E-state index contributed by atoms with van der Waals surface area (Å²) in [6.07, 6.45) is 3.63. The number of hydrogen-bond acceptors (Lipinski definition) is 6. The third-order valence-electron chi connectivity index (χ3n) is 4.21. The molecule has 0 radical (unpaired) electrons. The number of nitrogens with zero attached hydrogens (tertiary/aromatic N) is 2. The number of likely N-dealkylation sites (tertiary alicyclic amines) is 1. The smallest absolute Gasteiger partial charge is 0.341 e. The highest BCUT2D eigenvalue weighted by Crippen LogP contribution is 2.22. The number of ketones is 1. The van der Waals surface area contributed by atoms with Crippen LogP contribution in [0, 0.1) is 0 Å². The van der Waals surface area contributed by atoms with Gasteiger partial charge in [-0.3, -0.25) is 9.59 Å². The molecular weight excluding hydrogens is 364 g/mol. The van der Waals surface area contributed by atoms with Gasteiger partial charge in [-0.05, 0) is 25.0 Å². The van der Waals surface area contributed by atoms with Crippen molar-refractivity contribution in [2.75, 3.05) is 25.4 Å². The largest absolute Gasteiger partial charge is 0.454 e. The summed E-state index contributed by atoms with van der Waals surface area (Å²) in [6.45, 7) is 1.24. The van der Waals surface area contributed by atoms with Crippen LogP contribution in [0.4, 0.5) is 0 Å². The molecule has 1 aliphatic heterocycles. The van der Waals surface area contributed by atoms with Crippen LogP contribution in [-0.4, -0.2) is 53.0 Å². The van der Waals surface area contributed by atoms with E-state index in [-0.39, 0.29) is 29.6 Å². The van der Waals surface area contributed by atoms with Crippen LogP contribution < -0.4 is 0 Å². The maximum Gasteiger partial charge on any atom is 0.341 e. The zero-order valence-electron chi connectivity index (χ0n) is 14.8. The number of aromatic nitrogens is 1. The molecule has 2 aromatic rings. The molecule has 0 N–H and O–H groups in total. The molecule has 0 saturated carbocycles. The summed E-state index contributed by atoms with van der Waals surface area (Å²) in [4.78, 5) is 42.7. The molecule has 1 fully saturated rings. The molecule has 1 aromatic carbocycles. The molecule has 1 saturated heterocycles. The minimum Gasteiger partial charge on any atom is -0.454 e. The van der Waals surface area contributed by atoms with Crippen molar-refractivity contribution in [2.45, 2.75) is 17.9 Å². The first-order valence-corrected chi connectivity index (χ1v) is 9.74. The molecule has 1 amide bonds. The van der Waals surface area contributed by atoms with E-state index in [9.17, 15) is 14.4 Å². The normalized spacial score (nSPS) is 13.4. The highest BCUT2D eigenvalue weighted by Gasteiger charge is 2.21. The maximum absolute atomic E-state index is 12.4. The molecule has 0 atom stereocenters. The number of Topliss-reactive ketones (excluding diaryl/α,β-unsaturated/α-hetero) is 1. The molecule has 0 spiro atoms. The van der Waals surface area contributed by atoms with Crippen molar-refractivity contribution in [3.8, 4) is 0 Å². The van der Waals surface area contributed by atoms with E-state index in [1.54, 1.807) is 42.6 Å². The van der Waals surface area contributed by atoms with Gasteiger partial charge in [0.2, 0.25) is 5.91 Å². The first-order chi connectivity index (χ1) is 13.1. The number of carbonyl (C=O) groups is 3. The number of carbonyl (C=O) groups excluding carboxylic acids is 3. The predicted octanol–water partition coefficient (Wildman–Crippen LogP) is 2.84. The van der Waals surface area contributed by atoms with E-state index in [0.717, 1.165) is 25.9 Å². The van der Waals surface area contributed by atoms with E-state index >= 15 is 0 Å². The van der Waals surface area contributed by atoms with Crippen LogP contribution >= 0.6 is 11.8 Å². The lowest BCUT2D eigenvalue weighted by molar-refractivity contribution is -0.127. The van der Waals surface area contributed by atoms with Crippen molar-refractivity contribution < 1.29 is 19.1 Å².